The first-order chi connectivity index (χ1) is 8.75. The van der Waals surface area contributed by atoms with Crippen LogP contribution in [0.5, 0.6) is 0 Å². The predicted molar refractivity (Wildman–Crippen MR) is 75.5 cm³/mol. The normalized spacial score (nSPS) is 23.1. The summed E-state index contributed by atoms with van der Waals surface area (Å²) in [6, 6.07) is 11.0. The topological polar surface area (TPSA) is 21.3 Å². The van der Waals surface area contributed by atoms with Crippen LogP contribution in [0.1, 0.15) is 38.7 Å². The molecule has 0 radical (unpaired) electrons. The van der Waals surface area contributed by atoms with E-state index in [1.165, 1.54) is 24.8 Å². The van der Waals surface area contributed by atoms with Crippen molar-refractivity contribution >= 4 is 0 Å². The molecule has 1 saturated carbocycles. The van der Waals surface area contributed by atoms with Gasteiger partial charge in [-0.2, -0.15) is 0 Å². The highest BCUT2D eigenvalue weighted by Gasteiger charge is 2.30. The van der Waals surface area contributed by atoms with Gasteiger partial charge in [0.05, 0.1) is 12.7 Å². The monoisotopic (exact) mass is 247 g/mol. The maximum atomic E-state index is 5.97. The number of hydrogen-bond donors (Lipinski definition) is 1. The highest BCUT2D eigenvalue weighted by Crippen LogP contribution is 2.24. The Bertz CT molecular complexity index is 336. The van der Waals surface area contributed by atoms with Crippen LogP contribution < -0.4 is 5.32 Å². The van der Waals surface area contributed by atoms with Gasteiger partial charge in [0, 0.05) is 6.04 Å². The molecule has 0 aliphatic heterocycles. The first kappa shape index (κ1) is 13.6. The zero-order valence-electron chi connectivity index (χ0n) is 11.6. The lowest BCUT2D eigenvalue weighted by Gasteiger charge is -2.37. The predicted octanol–water partition coefficient (Wildman–Crippen LogP) is 3.37. The Balaban J connectivity index is 1.65. The quantitative estimate of drug-likeness (QED) is 0.797. The molecule has 100 valence electrons. The number of benzene rings is 1. The summed E-state index contributed by atoms with van der Waals surface area (Å²) in [5, 5.41) is 3.61. The van der Waals surface area contributed by atoms with Gasteiger partial charge in [-0.15, -0.1) is 0 Å². The van der Waals surface area contributed by atoms with Crippen LogP contribution >= 0.6 is 0 Å². The van der Waals surface area contributed by atoms with Crippen LogP contribution in [0, 0.1) is 5.92 Å². The molecule has 2 heteroatoms. The van der Waals surface area contributed by atoms with E-state index in [1.54, 1.807) is 0 Å². The van der Waals surface area contributed by atoms with E-state index in [4.69, 9.17) is 4.74 Å². The Labute approximate surface area is 111 Å². The van der Waals surface area contributed by atoms with Crippen LogP contribution in [0.15, 0.2) is 30.3 Å². The minimum Gasteiger partial charge on any atom is -0.372 e. The third kappa shape index (κ3) is 4.11. The summed E-state index contributed by atoms with van der Waals surface area (Å²) in [6.07, 6.45) is 4.13. The van der Waals surface area contributed by atoms with Crippen LogP contribution in [0.25, 0.3) is 0 Å². The molecule has 2 unspecified atom stereocenters. The summed E-state index contributed by atoms with van der Waals surface area (Å²) >= 11 is 0. The molecular formula is C16H25NO. The van der Waals surface area contributed by atoms with Crippen LogP contribution in [0.4, 0.5) is 0 Å². The number of rotatable bonds is 7. The average molecular weight is 247 g/mol. The summed E-state index contributed by atoms with van der Waals surface area (Å²) in [7, 11) is 0. The Kier molecular flexibility index (Phi) is 5.21. The van der Waals surface area contributed by atoms with Crippen LogP contribution in [-0.4, -0.2) is 18.7 Å². The van der Waals surface area contributed by atoms with Gasteiger partial charge in [-0.1, -0.05) is 44.2 Å². The first-order valence-electron chi connectivity index (χ1n) is 7.14. The van der Waals surface area contributed by atoms with Gasteiger partial charge in [-0.05, 0) is 37.3 Å². The van der Waals surface area contributed by atoms with E-state index in [2.05, 4.69) is 43.4 Å². The van der Waals surface area contributed by atoms with Crippen molar-refractivity contribution in [2.45, 2.75) is 51.9 Å². The fourth-order valence-electron chi connectivity index (χ4n) is 2.24. The lowest BCUT2D eigenvalue weighted by Crippen LogP contribution is -2.49. The standard InChI is InChI=1S/C16H25NO/c1-13(2)10-11-17-15-8-9-16(15)18-12-14-6-4-3-5-7-14/h3-7,13,15-17H,8-12H2,1-2H3. The second-order valence-corrected chi connectivity index (χ2v) is 5.66. The first-order valence-corrected chi connectivity index (χ1v) is 7.14. The van der Waals surface area contributed by atoms with E-state index in [-0.39, 0.29) is 0 Å². The molecule has 1 fully saturated rings. The summed E-state index contributed by atoms with van der Waals surface area (Å²) in [5.41, 5.74) is 1.27. The van der Waals surface area contributed by atoms with E-state index < -0.39 is 0 Å². The van der Waals surface area contributed by atoms with E-state index in [0.717, 1.165) is 19.1 Å². The van der Waals surface area contributed by atoms with Crippen LogP contribution in [0.3, 0.4) is 0 Å². The summed E-state index contributed by atoms with van der Waals surface area (Å²) in [4.78, 5) is 0. The Morgan fingerprint density at radius 1 is 1.22 bits per heavy atom. The number of nitrogens with one attached hydrogen (secondary N) is 1. The molecule has 0 saturated heterocycles. The van der Waals surface area contributed by atoms with Gasteiger partial charge in [-0.3, -0.25) is 0 Å². The Hall–Kier alpha value is -0.860. The molecule has 2 nitrogen and oxygen atoms in total. The second-order valence-electron chi connectivity index (χ2n) is 5.66. The molecule has 18 heavy (non-hydrogen) atoms. The zero-order chi connectivity index (χ0) is 12.8. The highest BCUT2D eigenvalue weighted by atomic mass is 16.5. The molecule has 1 aromatic rings. The lowest BCUT2D eigenvalue weighted by atomic mass is 9.88. The van der Waals surface area contributed by atoms with E-state index in [0.29, 0.717) is 12.1 Å². The minimum absolute atomic E-state index is 0.414. The third-order valence-corrected chi connectivity index (χ3v) is 3.65. The minimum atomic E-state index is 0.414. The highest BCUT2D eigenvalue weighted by molar-refractivity contribution is 5.13. The maximum Gasteiger partial charge on any atom is 0.0733 e. The molecule has 0 spiro atoms. The van der Waals surface area contributed by atoms with Crippen molar-refractivity contribution in [1.29, 1.82) is 0 Å². The molecule has 0 heterocycles. The molecule has 1 N–H and O–H groups in total. The van der Waals surface area contributed by atoms with Crippen molar-refractivity contribution in [3.05, 3.63) is 35.9 Å². The molecule has 1 aliphatic rings. The molecule has 2 atom stereocenters. The smallest absolute Gasteiger partial charge is 0.0733 e. The maximum absolute atomic E-state index is 5.97. The average Bonchev–Trinajstić information content (AvgIpc) is 2.34. The fourth-order valence-corrected chi connectivity index (χ4v) is 2.24. The van der Waals surface area contributed by atoms with Crippen molar-refractivity contribution in [3.8, 4) is 0 Å². The van der Waals surface area contributed by atoms with Gasteiger partial charge >= 0.3 is 0 Å². The number of hydrogen-bond acceptors (Lipinski definition) is 2. The van der Waals surface area contributed by atoms with Crippen molar-refractivity contribution in [2.75, 3.05) is 6.54 Å². The lowest BCUT2D eigenvalue weighted by molar-refractivity contribution is -0.0360. The Morgan fingerprint density at radius 2 is 2.00 bits per heavy atom. The van der Waals surface area contributed by atoms with Gasteiger partial charge in [0.15, 0.2) is 0 Å². The zero-order valence-corrected chi connectivity index (χ0v) is 11.6. The van der Waals surface area contributed by atoms with E-state index in [9.17, 15) is 0 Å². The largest absolute Gasteiger partial charge is 0.372 e. The van der Waals surface area contributed by atoms with Gasteiger partial charge in [-0.25, -0.2) is 0 Å². The van der Waals surface area contributed by atoms with Crippen molar-refractivity contribution < 1.29 is 4.74 Å². The molecule has 0 amide bonds. The molecular weight excluding hydrogens is 222 g/mol. The Morgan fingerprint density at radius 3 is 2.61 bits per heavy atom. The molecule has 0 aromatic heterocycles. The van der Waals surface area contributed by atoms with Crippen molar-refractivity contribution in [2.24, 2.45) is 5.92 Å². The summed E-state index contributed by atoms with van der Waals surface area (Å²) in [6.45, 7) is 6.40. The molecule has 2 rings (SSSR count). The van der Waals surface area contributed by atoms with Gasteiger partial charge in [0.1, 0.15) is 0 Å². The van der Waals surface area contributed by atoms with E-state index in [1.807, 2.05) is 6.07 Å². The third-order valence-electron chi connectivity index (χ3n) is 3.65. The van der Waals surface area contributed by atoms with Crippen LogP contribution in [-0.2, 0) is 11.3 Å². The van der Waals surface area contributed by atoms with Gasteiger partial charge in [0.25, 0.3) is 0 Å². The van der Waals surface area contributed by atoms with Gasteiger partial charge < -0.3 is 10.1 Å². The summed E-state index contributed by atoms with van der Waals surface area (Å²) in [5.74, 6) is 0.779. The number of ether oxygens (including phenoxy) is 1. The van der Waals surface area contributed by atoms with Crippen molar-refractivity contribution in [3.63, 3.8) is 0 Å². The second kappa shape index (κ2) is 6.91. The summed E-state index contributed by atoms with van der Waals surface area (Å²) < 4.78 is 5.97. The van der Waals surface area contributed by atoms with E-state index >= 15 is 0 Å². The van der Waals surface area contributed by atoms with Crippen LogP contribution in [0.2, 0.25) is 0 Å². The van der Waals surface area contributed by atoms with Gasteiger partial charge in [0.2, 0.25) is 0 Å². The van der Waals surface area contributed by atoms with Crippen molar-refractivity contribution in [1.82, 2.24) is 5.32 Å². The molecule has 1 aliphatic carbocycles. The fraction of sp³-hybridized carbons (Fsp3) is 0.625. The molecule has 0 bridgehead atoms. The molecule has 1 aromatic carbocycles. The SMILES string of the molecule is CC(C)CCNC1CCC1OCc1ccccc1.